The largest absolute Gasteiger partial charge is 0.497 e. The fourth-order valence-electron chi connectivity index (χ4n) is 3.05. The number of carbonyl (C=O) groups excluding carboxylic acids is 1. The van der Waals surface area contributed by atoms with Gasteiger partial charge in [0.15, 0.2) is 6.61 Å². The highest BCUT2D eigenvalue weighted by atomic mass is 16.5. The Morgan fingerprint density at radius 3 is 2.62 bits per heavy atom. The molecule has 6 nitrogen and oxygen atoms in total. The number of nitrogens with zero attached hydrogens (tertiary/aromatic N) is 2. The highest BCUT2D eigenvalue weighted by Crippen LogP contribution is 2.23. The minimum atomic E-state index is -0.232. The molecule has 0 unspecified atom stereocenters. The van der Waals surface area contributed by atoms with E-state index in [0.717, 1.165) is 22.5 Å². The van der Waals surface area contributed by atoms with Gasteiger partial charge in [-0.1, -0.05) is 24.3 Å². The van der Waals surface area contributed by atoms with E-state index in [0.29, 0.717) is 17.2 Å². The van der Waals surface area contributed by atoms with Gasteiger partial charge in [-0.25, -0.2) is 4.98 Å². The normalized spacial score (nSPS) is 10.7. The third-order valence-corrected chi connectivity index (χ3v) is 4.55. The van der Waals surface area contributed by atoms with E-state index in [-0.39, 0.29) is 12.5 Å². The predicted molar refractivity (Wildman–Crippen MR) is 112 cm³/mol. The van der Waals surface area contributed by atoms with E-state index in [1.807, 2.05) is 72.2 Å². The lowest BCUT2D eigenvalue weighted by Crippen LogP contribution is -2.20. The SMILES string of the molecule is COc1cccc(OCC(=O)Nc2ccc(-c3cn4cccc(C)c4n3)cc2)c1. The zero-order valence-corrected chi connectivity index (χ0v) is 16.3. The van der Waals surface area contributed by atoms with E-state index in [1.54, 1.807) is 19.2 Å². The molecule has 0 saturated heterocycles. The van der Waals surface area contributed by atoms with E-state index in [4.69, 9.17) is 14.5 Å². The summed E-state index contributed by atoms with van der Waals surface area (Å²) in [5, 5.41) is 2.83. The molecule has 0 atom stereocenters. The van der Waals surface area contributed by atoms with E-state index < -0.39 is 0 Å². The van der Waals surface area contributed by atoms with Gasteiger partial charge in [-0.3, -0.25) is 4.79 Å². The second kappa shape index (κ2) is 8.06. The van der Waals surface area contributed by atoms with Crippen LogP contribution in [0, 0.1) is 6.92 Å². The maximum absolute atomic E-state index is 12.2. The molecule has 2 aromatic carbocycles. The molecule has 0 aliphatic carbocycles. The van der Waals surface area contributed by atoms with Gasteiger partial charge < -0.3 is 19.2 Å². The molecule has 6 heteroatoms. The first-order valence-corrected chi connectivity index (χ1v) is 9.24. The molecule has 4 rings (SSSR count). The van der Waals surface area contributed by atoms with Crippen molar-refractivity contribution in [1.82, 2.24) is 9.38 Å². The summed E-state index contributed by atoms with van der Waals surface area (Å²) in [7, 11) is 1.59. The van der Waals surface area contributed by atoms with E-state index >= 15 is 0 Å². The molecular formula is C23H21N3O3. The number of benzene rings is 2. The first-order valence-electron chi connectivity index (χ1n) is 9.24. The van der Waals surface area contributed by atoms with Crippen LogP contribution < -0.4 is 14.8 Å². The number of hydrogen-bond acceptors (Lipinski definition) is 4. The number of fused-ring (bicyclic) bond motifs is 1. The summed E-state index contributed by atoms with van der Waals surface area (Å²) in [6, 6.07) is 18.8. The summed E-state index contributed by atoms with van der Waals surface area (Å²) in [4.78, 5) is 16.9. The number of ether oxygens (including phenoxy) is 2. The van der Waals surface area contributed by atoms with Gasteiger partial charge in [0, 0.05) is 29.7 Å². The molecule has 0 bridgehead atoms. The van der Waals surface area contributed by atoms with Crippen LogP contribution in [0.5, 0.6) is 11.5 Å². The van der Waals surface area contributed by atoms with Crippen LogP contribution in [0.2, 0.25) is 0 Å². The highest BCUT2D eigenvalue weighted by Gasteiger charge is 2.08. The van der Waals surface area contributed by atoms with Crippen molar-refractivity contribution in [2.75, 3.05) is 19.0 Å². The third kappa shape index (κ3) is 4.21. The average Bonchev–Trinajstić information content (AvgIpc) is 3.19. The lowest BCUT2D eigenvalue weighted by atomic mass is 10.1. The monoisotopic (exact) mass is 387 g/mol. The van der Waals surface area contributed by atoms with Crippen molar-refractivity contribution in [3.63, 3.8) is 0 Å². The number of aromatic nitrogens is 2. The Hall–Kier alpha value is -3.80. The lowest BCUT2D eigenvalue weighted by Gasteiger charge is -2.09. The summed E-state index contributed by atoms with van der Waals surface area (Å²) in [6.45, 7) is 1.96. The van der Waals surface area contributed by atoms with Crippen LogP contribution in [-0.4, -0.2) is 29.0 Å². The van der Waals surface area contributed by atoms with Gasteiger partial charge >= 0.3 is 0 Å². The fourth-order valence-corrected chi connectivity index (χ4v) is 3.05. The predicted octanol–water partition coefficient (Wildman–Crippen LogP) is 4.34. The Labute approximate surface area is 168 Å². The van der Waals surface area contributed by atoms with Gasteiger partial charge in [0.05, 0.1) is 12.8 Å². The number of aryl methyl sites for hydroxylation is 1. The molecular weight excluding hydrogens is 366 g/mol. The van der Waals surface area contributed by atoms with Crippen LogP contribution in [0.25, 0.3) is 16.9 Å². The van der Waals surface area contributed by atoms with Crippen molar-refractivity contribution >= 4 is 17.2 Å². The minimum absolute atomic E-state index is 0.0827. The van der Waals surface area contributed by atoms with Crippen molar-refractivity contribution < 1.29 is 14.3 Å². The zero-order chi connectivity index (χ0) is 20.2. The Kier molecular flexibility index (Phi) is 5.16. The molecule has 29 heavy (non-hydrogen) atoms. The molecule has 2 aromatic heterocycles. The van der Waals surface area contributed by atoms with Crippen LogP contribution in [0.4, 0.5) is 5.69 Å². The van der Waals surface area contributed by atoms with Crippen LogP contribution in [-0.2, 0) is 4.79 Å². The van der Waals surface area contributed by atoms with Gasteiger partial charge in [0.2, 0.25) is 0 Å². The molecule has 146 valence electrons. The number of anilines is 1. The highest BCUT2D eigenvalue weighted by molar-refractivity contribution is 5.92. The Morgan fingerprint density at radius 1 is 1.07 bits per heavy atom. The van der Waals surface area contributed by atoms with Crippen LogP contribution in [0.15, 0.2) is 73.1 Å². The van der Waals surface area contributed by atoms with Crippen molar-refractivity contribution in [1.29, 1.82) is 0 Å². The molecule has 1 amide bonds. The van der Waals surface area contributed by atoms with Gasteiger partial charge in [0.25, 0.3) is 5.91 Å². The smallest absolute Gasteiger partial charge is 0.262 e. The molecule has 2 heterocycles. The number of methoxy groups -OCH3 is 1. The van der Waals surface area contributed by atoms with Crippen molar-refractivity contribution in [3.8, 4) is 22.8 Å². The molecule has 0 spiro atoms. The fraction of sp³-hybridized carbons (Fsp3) is 0.130. The Balaban J connectivity index is 1.39. The van der Waals surface area contributed by atoms with Gasteiger partial charge in [-0.2, -0.15) is 0 Å². The molecule has 0 fully saturated rings. The Morgan fingerprint density at radius 2 is 1.86 bits per heavy atom. The van der Waals surface area contributed by atoms with E-state index in [2.05, 4.69) is 5.32 Å². The Bertz CT molecular complexity index is 1150. The lowest BCUT2D eigenvalue weighted by molar-refractivity contribution is -0.118. The van der Waals surface area contributed by atoms with Crippen LogP contribution in [0.3, 0.4) is 0 Å². The second-order valence-corrected chi connectivity index (χ2v) is 6.64. The average molecular weight is 387 g/mol. The number of amides is 1. The topological polar surface area (TPSA) is 64.9 Å². The molecule has 1 N–H and O–H groups in total. The van der Waals surface area contributed by atoms with Crippen molar-refractivity contribution in [3.05, 3.63) is 78.6 Å². The summed E-state index contributed by atoms with van der Waals surface area (Å²) < 4.78 is 12.7. The third-order valence-electron chi connectivity index (χ3n) is 4.55. The molecule has 0 saturated carbocycles. The number of pyridine rings is 1. The number of carbonyl (C=O) groups is 1. The van der Waals surface area contributed by atoms with Crippen LogP contribution >= 0.6 is 0 Å². The molecule has 0 radical (unpaired) electrons. The van der Waals surface area contributed by atoms with Gasteiger partial charge in [0.1, 0.15) is 17.1 Å². The standard InChI is InChI=1S/C23H21N3O3/c1-16-5-4-12-26-14-21(25-23(16)26)17-8-10-18(11-9-17)24-22(27)15-29-20-7-3-6-19(13-20)28-2/h3-14H,15H2,1-2H3,(H,24,27). The quantitative estimate of drug-likeness (QED) is 0.535. The molecule has 0 aliphatic rings. The van der Waals surface area contributed by atoms with Crippen LogP contribution in [0.1, 0.15) is 5.56 Å². The summed E-state index contributed by atoms with van der Waals surface area (Å²) in [5.41, 5.74) is 4.64. The molecule has 4 aromatic rings. The maximum atomic E-state index is 12.2. The second-order valence-electron chi connectivity index (χ2n) is 6.64. The summed E-state index contributed by atoms with van der Waals surface area (Å²) >= 11 is 0. The first kappa shape index (κ1) is 18.6. The van der Waals surface area contributed by atoms with E-state index in [1.165, 1.54) is 0 Å². The van der Waals surface area contributed by atoms with E-state index in [9.17, 15) is 4.79 Å². The first-order chi connectivity index (χ1) is 14.1. The van der Waals surface area contributed by atoms with Gasteiger partial charge in [-0.15, -0.1) is 0 Å². The summed E-state index contributed by atoms with van der Waals surface area (Å²) in [6.07, 6.45) is 3.98. The maximum Gasteiger partial charge on any atom is 0.262 e. The zero-order valence-electron chi connectivity index (χ0n) is 16.3. The van der Waals surface area contributed by atoms with Crippen molar-refractivity contribution in [2.24, 2.45) is 0 Å². The number of imidazole rings is 1. The number of nitrogens with one attached hydrogen (secondary N) is 1. The minimum Gasteiger partial charge on any atom is -0.497 e. The summed E-state index contributed by atoms with van der Waals surface area (Å²) in [5.74, 6) is 1.03. The van der Waals surface area contributed by atoms with Gasteiger partial charge in [-0.05, 0) is 42.8 Å². The molecule has 0 aliphatic heterocycles. The number of rotatable bonds is 6. The number of hydrogen-bond donors (Lipinski definition) is 1. The van der Waals surface area contributed by atoms with Crippen molar-refractivity contribution in [2.45, 2.75) is 6.92 Å².